The van der Waals surface area contributed by atoms with Crippen LogP contribution in [0.4, 0.5) is 4.39 Å². The Balaban J connectivity index is 3.07. The Kier molecular flexibility index (Phi) is 5.09. The quantitative estimate of drug-likeness (QED) is 0.355. The van der Waals surface area contributed by atoms with Crippen LogP contribution < -0.4 is 16.1 Å². The molecule has 0 radical (unpaired) electrons. The first-order valence-electron chi connectivity index (χ1n) is 4.92. The number of nitrogens with zero attached hydrogens (tertiary/aromatic N) is 1. The van der Waals surface area contributed by atoms with Gasteiger partial charge in [-0.2, -0.15) is 0 Å². The van der Waals surface area contributed by atoms with Crippen molar-refractivity contribution in [3.05, 3.63) is 40.7 Å². The molecule has 0 fully saturated rings. The van der Waals surface area contributed by atoms with Crippen LogP contribution in [-0.4, -0.2) is 20.2 Å². The molecule has 1 rings (SSSR count). The van der Waals surface area contributed by atoms with Crippen LogP contribution in [0.2, 0.25) is 0 Å². The molecule has 0 saturated heterocycles. The topological polar surface area (TPSA) is 87.7 Å². The van der Waals surface area contributed by atoms with Crippen LogP contribution in [-0.2, 0) is 9.53 Å². The van der Waals surface area contributed by atoms with Crippen LogP contribution in [0.25, 0.3) is 11.5 Å². The number of halogens is 1. The zero-order chi connectivity index (χ0) is 13.5. The minimum Gasteiger partial charge on any atom is -0.603 e. The normalized spacial score (nSPS) is 11.0. The highest BCUT2D eigenvalue weighted by atomic mass is 19.1. The van der Waals surface area contributed by atoms with Gasteiger partial charge in [-0.1, -0.05) is 6.08 Å². The zero-order valence-corrected chi connectivity index (χ0v) is 9.94. The molecule has 0 aliphatic carbocycles. The number of esters is 1. The van der Waals surface area contributed by atoms with Crippen LogP contribution in [0.1, 0.15) is 5.56 Å². The summed E-state index contributed by atoms with van der Waals surface area (Å²) in [6, 6.07) is 4.19. The predicted octanol–water partition coefficient (Wildman–Crippen LogP) is 1.10. The van der Waals surface area contributed by atoms with Gasteiger partial charge in [0.15, 0.2) is 0 Å². The summed E-state index contributed by atoms with van der Waals surface area (Å²) < 4.78 is 23.0. The molecule has 18 heavy (non-hydrogen) atoms. The Morgan fingerprint density at radius 1 is 1.50 bits per heavy atom. The third kappa shape index (κ3) is 3.44. The summed E-state index contributed by atoms with van der Waals surface area (Å²) in [6.45, 7) is 0. The summed E-state index contributed by atoms with van der Waals surface area (Å²) in [6.07, 6.45) is 1.21. The molecule has 0 heterocycles. The number of benzene rings is 1. The Morgan fingerprint density at radius 3 is 2.72 bits per heavy atom. The van der Waals surface area contributed by atoms with Gasteiger partial charge in [-0.3, -0.25) is 5.84 Å². The highest BCUT2D eigenvalue weighted by Crippen LogP contribution is 2.19. The van der Waals surface area contributed by atoms with E-state index in [0.29, 0.717) is 5.75 Å². The average molecular weight is 254 g/mol. The number of nitrogens with one attached hydrogen (secondary N) is 1. The average Bonchev–Trinajstić information content (AvgIpc) is 2.39. The Bertz CT molecular complexity index is 463. The molecular formula is C11H13FN3O3-. The van der Waals surface area contributed by atoms with E-state index in [4.69, 9.17) is 10.6 Å². The van der Waals surface area contributed by atoms with E-state index in [0.717, 1.165) is 0 Å². The van der Waals surface area contributed by atoms with Crippen molar-refractivity contribution in [3.63, 3.8) is 0 Å². The number of rotatable bonds is 5. The van der Waals surface area contributed by atoms with Gasteiger partial charge in [-0.25, -0.2) is 9.18 Å². The molecule has 3 N–H and O–H groups in total. The van der Waals surface area contributed by atoms with E-state index in [-0.39, 0.29) is 11.3 Å². The van der Waals surface area contributed by atoms with Crippen LogP contribution in [0.3, 0.4) is 0 Å². The van der Waals surface area contributed by atoms with E-state index < -0.39 is 11.8 Å². The minimum absolute atomic E-state index is 0.149. The monoisotopic (exact) mass is 254 g/mol. The van der Waals surface area contributed by atoms with E-state index in [9.17, 15) is 9.18 Å². The van der Waals surface area contributed by atoms with Gasteiger partial charge in [-0.15, -0.1) is 0 Å². The van der Waals surface area contributed by atoms with Crippen molar-refractivity contribution in [1.82, 2.24) is 5.53 Å². The number of methoxy groups -OCH3 is 2. The van der Waals surface area contributed by atoms with E-state index in [2.05, 4.69) is 10.2 Å². The molecule has 0 saturated carbocycles. The smallest absolute Gasteiger partial charge is 0.316 e. The van der Waals surface area contributed by atoms with Crippen molar-refractivity contribution in [3.8, 4) is 5.75 Å². The third-order valence-corrected chi connectivity index (χ3v) is 2.08. The fourth-order valence-electron chi connectivity index (χ4n) is 1.21. The number of nitrogens with two attached hydrogens (primary N) is 1. The van der Waals surface area contributed by atoms with Crippen LogP contribution in [0.15, 0.2) is 23.9 Å². The second-order valence-electron chi connectivity index (χ2n) is 3.15. The SMILES string of the molecule is COC(=O)/C(=C/c1ccc(OC)cc1F)[N-]NN. The number of ether oxygens (including phenoxy) is 2. The van der Waals surface area contributed by atoms with E-state index in [1.54, 1.807) is 6.07 Å². The number of hydrogen-bond donors (Lipinski definition) is 2. The zero-order valence-electron chi connectivity index (χ0n) is 9.94. The molecule has 0 spiro atoms. The number of hydrogen-bond acceptors (Lipinski definition) is 5. The maximum atomic E-state index is 13.6. The first-order valence-corrected chi connectivity index (χ1v) is 4.92. The fraction of sp³-hybridized carbons (Fsp3) is 0.182. The lowest BCUT2D eigenvalue weighted by Crippen LogP contribution is -2.19. The van der Waals surface area contributed by atoms with Crippen molar-refractivity contribution in [2.75, 3.05) is 14.2 Å². The van der Waals surface area contributed by atoms with Gasteiger partial charge in [0, 0.05) is 11.6 Å². The predicted molar refractivity (Wildman–Crippen MR) is 63.6 cm³/mol. The van der Waals surface area contributed by atoms with Gasteiger partial charge in [0.05, 0.1) is 14.2 Å². The summed E-state index contributed by atoms with van der Waals surface area (Å²) in [5, 5.41) is 0. The van der Waals surface area contributed by atoms with Crippen molar-refractivity contribution in [1.29, 1.82) is 0 Å². The summed E-state index contributed by atoms with van der Waals surface area (Å²) in [5.74, 6) is 4.07. The fourth-order valence-corrected chi connectivity index (χ4v) is 1.21. The van der Waals surface area contributed by atoms with Gasteiger partial charge in [0.2, 0.25) is 0 Å². The lowest BCUT2D eigenvalue weighted by atomic mass is 10.1. The van der Waals surface area contributed by atoms with Crippen molar-refractivity contribution < 1.29 is 18.7 Å². The standard InChI is InChI=1S/C11H13FN3O3/c1-17-8-4-3-7(9(12)6-8)5-10(14-15-13)11(16)18-2/h3-6,15H,13H2,1-2H3/q-1/b10-5-. The molecule has 1 aromatic rings. The number of hydrazine groups is 1. The third-order valence-electron chi connectivity index (χ3n) is 2.08. The molecular weight excluding hydrogens is 241 g/mol. The molecule has 0 aromatic heterocycles. The highest BCUT2D eigenvalue weighted by molar-refractivity contribution is 5.96. The first-order chi connectivity index (χ1) is 8.62. The van der Waals surface area contributed by atoms with Crippen LogP contribution >= 0.6 is 0 Å². The summed E-state index contributed by atoms with van der Waals surface area (Å²) in [7, 11) is 2.62. The molecule has 0 aliphatic rings. The van der Waals surface area contributed by atoms with Gasteiger partial charge in [-0.05, 0) is 17.8 Å². The number of carbonyl (C=O) groups is 1. The second-order valence-corrected chi connectivity index (χ2v) is 3.15. The maximum absolute atomic E-state index is 13.6. The van der Waals surface area contributed by atoms with Gasteiger partial charge in [0.25, 0.3) is 0 Å². The number of carbonyl (C=O) groups excluding carboxylic acids is 1. The maximum Gasteiger partial charge on any atom is 0.316 e. The van der Waals surface area contributed by atoms with Crippen molar-refractivity contribution in [2.24, 2.45) is 5.84 Å². The Morgan fingerprint density at radius 2 is 2.22 bits per heavy atom. The summed E-state index contributed by atoms with van der Waals surface area (Å²) in [5.41, 5.74) is 5.46. The van der Waals surface area contributed by atoms with Crippen LogP contribution in [0.5, 0.6) is 5.75 Å². The molecule has 7 heteroatoms. The lowest BCUT2D eigenvalue weighted by molar-refractivity contribution is -0.135. The highest BCUT2D eigenvalue weighted by Gasteiger charge is 2.04. The Hall–Kier alpha value is -2.12. The minimum atomic E-state index is -0.733. The summed E-state index contributed by atoms with van der Waals surface area (Å²) >= 11 is 0. The van der Waals surface area contributed by atoms with Crippen molar-refractivity contribution >= 4 is 12.0 Å². The molecule has 0 unspecified atom stereocenters. The molecule has 0 amide bonds. The van der Waals surface area contributed by atoms with E-state index in [1.165, 1.54) is 32.4 Å². The molecule has 6 nitrogen and oxygen atoms in total. The summed E-state index contributed by atoms with van der Waals surface area (Å²) in [4.78, 5) is 11.3. The molecule has 98 valence electrons. The second kappa shape index (κ2) is 6.58. The Labute approximate surface area is 104 Å². The van der Waals surface area contributed by atoms with Gasteiger partial charge >= 0.3 is 5.97 Å². The lowest BCUT2D eigenvalue weighted by Gasteiger charge is -2.21. The molecule has 0 bridgehead atoms. The van der Waals surface area contributed by atoms with Gasteiger partial charge in [0.1, 0.15) is 11.6 Å². The van der Waals surface area contributed by atoms with E-state index in [1.807, 2.05) is 5.53 Å². The molecule has 1 aromatic carbocycles. The molecule has 0 aliphatic heterocycles. The largest absolute Gasteiger partial charge is 0.603 e. The van der Waals surface area contributed by atoms with E-state index >= 15 is 0 Å². The first kappa shape index (κ1) is 13.9. The van der Waals surface area contributed by atoms with Crippen LogP contribution in [0, 0.1) is 5.82 Å². The van der Waals surface area contributed by atoms with Crippen molar-refractivity contribution in [2.45, 2.75) is 0 Å². The molecule has 0 atom stereocenters. The van der Waals surface area contributed by atoms with Gasteiger partial charge < -0.3 is 20.4 Å².